The average molecular weight is 836 g/mol. The smallest absolute Gasteiger partial charge is 0.329 e. The van der Waals surface area contributed by atoms with Crippen molar-refractivity contribution in [2.45, 2.75) is 167 Å². The molecule has 0 aromatic carbocycles. The van der Waals surface area contributed by atoms with Crippen molar-refractivity contribution in [3.63, 3.8) is 0 Å². The van der Waals surface area contributed by atoms with Crippen molar-refractivity contribution in [2.75, 3.05) is 41.1 Å². The first kappa shape index (κ1) is 49.1. The van der Waals surface area contributed by atoms with Crippen molar-refractivity contribution in [1.82, 2.24) is 4.90 Å². The van der Waals surface area contributed by atoms with Gasteiger partial charge in [0.2, 0.25) is 5.79 Å². The Bertz CT molecular complexity index is 1480. The monoisotopic (exact) mass is 836 g/mol. The van der Waals surface area contributed by atoms with E-state index in [1.165, 1.54) is 19.1 Å². The van der Waals surface area contributed by atoms with Crippen LogP contribution in [0.15, 0.2) is 23.3 Å². The summed E-state index contributed by atoms with van der Waals surface area (Å²) in [6.45, 7) is 11.4. The number of fused-ring (bicyclic) bond motifs is 3. The van der Waals surface area contributed by atoms with Gasteiger partial charge in [-0.25, -0.2) is 4.79 Å². The predicted octanol–water partition coefficient (Wildman–Crippen LogP) is 4.49. The van der Waals surface area contributed by atoms with Crippen LogP contribution >= 0.6 is 0 Å². The summed E-state index contributed by atoms with van der Waals surface area (Å²) in [5.41, 5.74) is 1.67. The Morgan fingerprint density at radius 3 is 2.25 bits per heavy atom. The second-order valence-corrected chi connectivity index (χ2v) is 17.7. The first-order chi connectivity index (χ1) is 28.0. The van der Waals surface area contributed by atoms with E-state index in [0.717, 1.165) is 12.0 Å². The molecule has 1 saturated carbocycles. The molecule has 1 amide bonds. The molecule has 4 rings (SSSR count). The van der Waals surface area contributed by atoms with E-state index in [9.17, 15) is 34.5 Å². The number of carbonyl (C=O) groups excluding carboxylic acids is 4. The summed E-state index contributed by atoms with van der Waals surface area (Å²) < 4.78 is 35.9. The number of methoxy groups -OCH3 is 3. The molecule has 0 spiro atoms. The molecular weight excluding hydrogens is 762 g/mol. The Morgan fingerprint density at radius 2 is 1.61 bits per heavy atom. The molecule has 3 heterocycles. The number of Topliss-reactive ketones (excluding diaryl/α,β-unsaturated/α-hetero) is 2. The van der Waals surface area contributed by atoms with Crippen LogP contribution < -0.4 is 0 Å². The molecular formula is C45H73NO13. The third-order valence-corrected chi connectivity index (χ3v) is 13.3. The number of aliphatic hydroxyl groups is 3. The van der Waals surface area contributed by atoms with Crippen LogP contribution in [0.4, 0.5) is 0 Å². The molecule has 336 valence electrons. The van der Waals surface area contributed by atoms with Gasteiger partial charge in [0, 0.05) is 52.0 Å². The lowest BCUT2D eigenvalue weighted by molar-refractivity contribution is -0.302. The largest absolute Gasteiger partial charge is 0.456 e. The van der Waals surface area contributed by atoms with Gasteiger partial charge in [0.25, 0.3) is 11.7 Å². The molecule has 59 heavy (non-hydrogen) atoms. The van der Waals surface area contributed by atoms with Crippen molar-refractivity contribution >= 4 is 23.4 Å². The fraction of sp³-hybridized carbons (Fsp3) is 0.822. The zero-order valence-electron chi connectivity index (χ0n) is 36.9. The lowest BCUT2D eigenvalue weighted by atomic mass is 9.81. The van der Waals surface area contributed by atoms with Crippen molar-refractivity contribution < 1.29 is 62.9 Å². The maximum Gasteiger partial charge on any atom is 0.329 e. The third-order valence-electron chi connectivity index (χ3n) is 13.3. The normalized spacial score (nSPS) is 40.1. The molecule has 2 saturated heterocycles. The number of amides is 1. The number of aliphatic hydroxyl groups excluding tert-OH is 2. The Balaban J connectivity index is 1.75. The minimum Gasteiger partial charge on any atom is -0.456 e. The highest BCUT2D eigenvalue weighted by molar-refractivity contribution is 6.39. The summed E-state index contributed by atoms with van der Waals surface area (Å²) in [5.74, 6) is -7.50. The second kappa shape index (κ2) is 22.5. The van der Waals surface area contributed by atoms with Crippen LogP contribution in [-0.2, 0) is 47.6 Å². The number of hydrogen-bond acceptors (Lipinski definition) is 13. The van der Waals surface area contributed by atoms with E-state index in [4.69, 9.17) is 28.4 Å². The number of ether oxygens (including phenoxy) is 6. The van der Waals surface area contributed by atoms with E-state index in [0.29, 0.717) is 50.5 Å². The second-order valence-electron chi connectivity index (χ2n) is 17.7. The van der Waals surface area contributed by atoms with Gasteiger partial charge in [0.05, 0.1) is 43.7 Å². The number of piperidine rings is 1. The third kappa shape index (κ3) is 12.1. The Kier molecular flexibility index (Phi) is 18.7. The predicted molar refractivity (Wildman–Crippen MR) is 219 cm³/mol. The number of allylic oxidation sites excluding steroid dienone is 3. The van der Waals surface area contributed by atoms with E-state index >= 15 is 0 Å². The molecule has 3 fully saturated rings. The minimum absolute atomic E-state index is 0.0200. The summed E-state index contributed by atoms with van der Waals surface area (Å²) >= 11 is 0. The van der Waals surface area contributed by atoms with Gasteiger partial charge in [-0.15, -0.1) is 0 Å². The van der Waals surface area contributed by atoms with Crippen LogP contribution in [-0.4, -0.2) is 139 Å². The average Bonchev–Trinajstić information content (AvgIpc) is 3.22. The van der Waals surface area contributed by atoms with E-state index < -0.39 is 77.8 Å². The van der Waals surface area contributed by atoms with Crippen LogP contribution in [0, 0.1) is 29.6 Å². The summed E-state index contributed by atoms with van der Waals surface area (Å²) in [7, 11) is 4.69. The number of rotatable bonds is 9. The fourth-order valence-corrected chi connectivity index (χ4v) is 9.77. The highest BCUT2D eigenvalue weighted by atomic mass is 16.7. The van der Waals surface area contributed by atoms with Gasteiger partial charge in [0.15, 0.2) is 0 Å². The molecule has 3 N–H and O–H groups in total. The topological polar surface area (TPSA) is 188 Å². The molecule has 2 bridgehead atoms. The molecule has 0 unspecified atom stereocenters. The fourth-order valence-electron chi connectivity index (χ4n) is 9.77. The van der Waals surface area contributed by atoms with E-state index in [1.807, 2.05) is 32.9 Å². The van der Waals surface area contributed by atoms with Crippen LogP contribution in [0.1, 0.15) is 112 Å². The maximum atomic E-state index is 14.4. The number of ketones is 2. The lowest BCUT2D eigenvalue weighted by Gasteiger charge is -2.47. The van der Waals surface area contributed by atoms with Gasteiger partial charge in [-0.3, -0.25) is 14.4 Å². The van der Waals surface area contributed by atoms with E-state index in [1.54, 1.807) is 21.0 Å². The first-order valence-corrected chi connectivity index (χ1v) is 21.9. The Morgan fingerprint density at radius 1 is 0.932 bits per heavy atom. The van der Waals surface area contributed by atoms with Crippen molar-refractivity contribution in [2.24, 2.45) is 29.6 Å². The van der Waals surface area contributed by atoms with Crippen LogP contribution in [0.2, 0.25) is 0 Å². The molecule has 14 atom stereocenters. The van der Waals surface area contributed by atoms with Gasteiger partial charge in [-0.1, -0.05) is 45.4 Å². The molecule has 4 aliphatic rings. The highest BCUT2D eigenvalue weighted by Gasteiger charge is 2.56. The molecule has 14 heteroatoms. The maximum absolute atomic E-state index is 14.4. The number of esters is 1. The highest BCUT2D eigenvalue weighted by Crippen LogP contribution is 2.39. The summed E-state index contributed by atoms with van der Waals surface area (Å²) in [4.78, 5) is 57.9. The molecule has 0 aromatic rings. The van der Waals surface area contributed by atoms with Gasteiger partial charge in [-0.2, -0.15) is 0 Å². The number of hydrogen-bond donors (Lipinski definition) is 3. The minimum atomic E-state index is -2.51. The number of carbonyl (C=O) groups is 4. The molecule has 3 aliphatic heterocycles. The van der Waals surface area contributed by atoms with E-state index in [-0.39, 0.29) is 68.8 Å². The van der Waals surface area contributed by atoms with Crippen molar-refractivity contribution in [3.05, 3.63) is 23.3 Å². The zero-order chi connectivity index (χ0) is 43.6. The molecule has 14 nitrogen and oxygen atoms in total. The molecule has 1 aliphatic carbocycles. The van der Waals surface area contributed by atoms with Gasteiger partial charge >= 0.3 is 5.97 Å². The number of cyclic esters (lactones) is 1. The van der Waals surface area contributed by atoms with Gasteiger partial charge in [-0.05, 0) is 95.5 Å². The Labute approximate surface area is 351 Å². The number of nitrogens with zero attached hydrogens (tertiary/aromatic N) is 1. The van der Waals surface area contributed by atoms with Gasteiger partial charge < -0.3 is 48.6 Å². The molecule has 0 aromatic heterocycles. The SMILES string of the molecule is CC[C@@H]1/C=C(\C)C[C@H](C)C[C@H](OC)[C@H]2O[C@@](O)(C(=O)C(=O)N3CCCC[C@H]3C(=O)O[C@H](/C(C)=C/[C@@H]3CC[C@@H](OCCO)[C@H](OC)C3)[C@H](C)[C@@H](O)CC1=O)[C@H](C)C[C@@H]2OC. The van der Waals surface area contributed by atoms with Crippen LogP contribution in [0.3, 0.4) is 0 Å². The summed E-state index contributed by atoms with van der Waals surface area (Å²) in [6, 6.07) is -1.14. The summed E-state index contributed by atoms with van der Waals surface area (Å²) in [6.07, 6.45) is 4.54. The molecule has 0 radical (unpaired) electrons. The van der Waals surface area contributed by atoms with Crippen molar-refractivity contribution in [3.8, 4) is 0 Å². The van der Waals surface area contributed by atoms with Crippen LogP contribution in [0.25, 0.3) is 0 Å². The summed E-state index contributed by atoms with van der Waals surface area (Å²) in [5, 5.41) is 33.1. The van der Waals surface area contributed by atoms with Crippen molar-refractivity contribution in [1.29, 1.82) is 0 Å². The van der Waals surface area contributed by atoms with Gasteiger partial charge in [0.1, 0.15) is 24.0 Å². The zero-order valence-corrected chi connectivity index (χ0v) is 36.9. The standard InChI is InChI=1S/C45H73NO13/c1-10-32-20-26(2)19-27(3)21-38(55-8)41-39(56-9)23-29(5)45(53,59-41)42(50)43(51)46-16-12-11-13-33(46)44(52)58-40(30(6)34(48)25-35(32)49)28(4)22-31-14-15-36(57-18-17-47)37(24-31)54-7/h20,22,27,29-34,36-41,47-48,53H,10-19,21,23-25H2,1-9H3/b26-20+,28-22+/t27-,29+,30+,31-,32+,33-,34-,36+,37+,38-,39-,40+,41+,45+/m0/s1. The lowest BCUT2D eigenvalue weighted by Crippen LogP contribution is -2.64. The first-order valence-electron chi connectivity index (χ1n) is 21.9. The van der Waals surface area contributed by atoms with E-state index in [2.05, 4.69) is 6.92 Å². The quantitative estimate of drug-likeness (QED) is 0.168. The Hall–Kier alpha value is -2.56. The van der Waals surface area contributed by atoms with Crippen LogP contribution in [0.5, 0.6) is 0 Å².